The molecule has 0 saturated heterocycles. The molecule has 0 radical (unpaired) electrons. The molecule has 9 atom stereocenters. The van der Waals surface area contributed by atoms with Gasteiger partial charge < -0.3 is 15.3 Å². The van der Waals surface area contributed by atoms with Crippen LogP contribution in [0.5, 0.6) is 0 Å². The van der Waals surface area contributed by atoms with Gasteiger partial charge in [-0.15, -0.1) is 0 Å². The van der Waals surface area contributed by atoms with Crippen molar-refractivity contribution in [1.29, 1.82) is 0 Å². The third-order valence-corrected chi connectivity index (χ3v) is 9.43. The van der Waals surface area contributed by atoms with Crippen LogP contribution in [0.1, 0.15) is 52.4 Å². The Morgan fingerprint density at radius 3 is 2.67 bits per heavy atom. The number of ketones is 2. The van der Waals surface area contributed by atoms with E-state index in [0.717, 1.165) is 25.7 Å². The van der Waals surface area contributed by atoms with Crippen molar-refractivity contribution in [3.63, 3.8) is 0 Å². The van der Waals surface area contributed by atoms with Gasteiger partial charge in [0, 0.05) is 11.8 Å². The quantitative estimate of drug-likeness (QED) is 0.683. The highest BCUT2D eigenvalue weighted by molar-refractivity contribution is 5.92. The van der Waals surface area contributed by atoms with E-state index in [1.807, 2.05) is 13.0 Å². The number of Topliss-reactive ketones (excluding diaryl/α,β-unsaturated/α-hetero) is 1. The molecule has 0 unspecified atom stereocenters. The summed E-state index contributed by atoms with van der Waals surface area (Å²) in [4.78, 5) is 24.6. The molecule has 0 amide bonds. The molecule has 5 aliphatic carbocycles. The second-order valence-electron chi connectivity index (χ2n) is 10.4. The molecule has 5 heteroatoms. The van der Waals surface area contributed by atoms with Gasteiger partial charge in [-0.05, 0) is 73.2 Å². The first-order valence-corrected chi connectivity index (χ1v) is 10.5. The van der Waals surface area contributed by atoms with Gasteiger partial charge in [0.25, 0.3) is 0 Å². The van der Waals surface area contributed by atoms with Crippen LogP contribution in [0.25, 0.3) is 0 Å². The maximum Gasteiger partial charge on any atom is 0.190 e. The summed E-state index contributed by atoms with van der Waals surface area (Å²) in [6, 6.07) is 0. The van der Waals surface area contributed by atoms with Crippen molar-refractivity contribution < 1.29 is 24.9 Å². The fraction of sp³-hybridized carbons (Fsp3) is 0.818. The summed E-state index contributed by atoms with van der Waals surface area (Å²) in [5.74, 6) is 0.498. The Kier molecular flexibility index (Phi) is 3.54. The van der Waals surface area contributed by atoms with Crippen LogP contribution < -0.4 is 0 Å². The highest BCUT2D eigenvalue weighted by Crippen LogP contribution is 2.76. The standard InChI is InChI=1S/C22H30O5/c1-20-6-5-12(24)7-11(20)3-4-13-18-14-8-15(14)22(27,17(26)10-23)21(18,2)9-16(25)19(13)20/h7,13-16,18-19,23,25,27H,3-6,8-10H2,1-2H3/t13-,14-,15+,16-,18+,19+,20-,21-,22-/m0/s1. The molecule has 0 aromatic carbocycles. The minimum Gasteiger partial charge on any atom is -0.393 e. The zero-order valence-corrected chi connectivity index (χ0v) is 16.1. The number of allylic oxidation sites excluding steroid dienone is 1. The van der Waals surface area contributed by atoms with Gasteiger partial charge in [-0.3, -0.25) is 9.59 Å². The van der Waals surface area contributed by atoms with Crippen LogP contribution in [0.2, 0.25) is 0 Å². The second-order valence-corrected chi connectivity index (χ2v) is 10.4. The van der Waals surface area contributed by atoms with Crippen molar-refractivity contribution in [2.45, 2.75) is 64.1 Å². The van der Waals surface area contributed by atoms with Crippen LogP contribution in [-0.4, -0.2) is 45.2 Å². The van der Waals surface area contributed by atoms with Gasteiger partial charge in [-0.1, -0.05) is 19.4 Å². The molecule has 5 aliphatic rings. The third-order valence-electron chi connectivity index (χ3n) is 9.43. The first-order chi connectivity index (χ1) is 12.7. The lowest BCUT2D eigenvalue weighted by Gasteiger charge is -2.61. The maximum absolute atomic E-state index is 12.6. The number of hydrogen-bond acceptors (Lipinski definition) is 5. The molecule has 5 nitrogen and oxygen atoms in total. The summed E-state index contributed by atoms with van der Waals surface area (Å²) in [7, 11) is 0. The summed E-state index contributed by atoms with van der Waals surface area (Å²) < 4.78 is 0. The molecule has 4 fully saturated rings. The molecule has 27 heavy (non-hydrogen) atoms. The van der Waals surface area contributed by atoms with Crippen LogP contribution in [-0.2, 0) is 9.59 Å². The van der Waals surface area contributed by atoms with Gasteiger partial charge in [0.2, 0.25) is 0 Å². The lowest BCUT2D eigenvalue weighted by molar-refractivity contribution is -0.192. The Morgan fingerprint density at radius 2 is 1.96 bits per heavy atom. The highest BCUT2D eigenvalue weighted by atomic mass is 16.3. The van der Waals surface area contributed by atoms with Crippen molar-refractivity contribution in [1.82, 2.24) is 0 Å². The molecule has 4 saturated carbocycles. The fourth-order valence-corrected chi connectivity index (χ4v) is 8.33. The number of hydrogen-bond donors (Lipinski definition) is 3. The van der Waals surface area contributed by atoms with Crippen molar-refractivity contribution in [2.75, 3.05) is 6.61 Å². The fourth-order valence-electron chi connectivity index (χ4n) is 8.33. The first kappa shape index (κ1) is 18.0. The largest absolute Gasteiger partial charge is 0.393 e. The van der Waals surface area contributed by atoms with Gasteiger partial charge in [0.05, 0.1) is 6.10 Å². The van der Waals surface area contributed by atoms with E-state index >= 15 is 0 Å². The highest BCUT2D eigenvalue weighted by Gasteiger charge is 2.79. The topological polar surface area (TPSA) is 94.8 Å². The van der Waals surface area contributed by atoms with Gasteiger partial charge in [0.15, 0.2) is 11.6 Å². The summed E-state index contributed by atoms with van der Waals surface area (Å²) in [6.07, 6.45) is 5.55. The zero-order chi connectivity index (χ0) is 19.4. The van der Waals surface area contributed by atoms with Crippen LogP contribution in [0.4, 0.5) is 0 Å². The zero-order valence-electron chi connectivity index (χ0n) is 16.1. The van der Waals surface area contributed by atoms with Crippen LogP contribution in [0.15, 0.2) is 11.6 Å². The normalized spacial score (nSPS) is 55.7. The van der Waals surface area contributed by atoms with E-state index in [1.54, 1.807) is 0 Å². The summed E-state index contributed by atoms with van der Waals surface area (Å²) in [5, 5.41) is 32.3. The predicted molar refractivity (Wildman–Crippen MR) is 97.5 cm³/mol. The number of rotatable bonds is 2. The molecule has 0 aliphatic heterocycles. The Labute approximate surface area is 159 Å². The first-order valence-electron chi connectivity index (χ1n) is 10.5. The predicted octanol–water partition coefficient (Wildman–Crippen LogP) is 1.64. The van der Waals surface area contributed by atoms with Crippen LogP contribution >= 0.6 is 0 Å². The average molecular weight is 374 g/mol. The van der Waals surface area contributed by atoms with Gasteiger partial charge in [-0.25, -0.2) is 0 Å². The maximum atomic E-state index is 12.6. The molecule has 0 heterocycles. The number of carbonyl (C=O) groups is 2. The number of fused-ring (bicyclic) bond motifs is 7. The molecule has 5 rings (SSSR count). The Hall–Kier alpha value is -1.04. The third kappa shape index (κ3) is 1.96. The monoisotopic (exact) mass is 374 g/mol. The van der Waals surface area contributed by atoms with Gasteiger partial charge >= 0.3 is 0 Å². The molecular formula is C22H30O5. The second kappa shape index (κ2) is 5.31. The number of aliphatic hydroxyl groups is 3. The van der Waals surface area contributed by atoms with Crippen molar-refractivity contribution in [3.8, 4) is 0 Å². The molecule has 0 bridgehead atoms. The number of aliphatic hydroxyl groups excluding tert-OH is 2. The molecular weight excluding hydrogens is 344 g/mol. The Bertz CT molecular complexity index is 758. The average Bonchev–Trinajstić information content (AvgIpc) is 3.37. The molecule has 0 spiro atoms. The van der Waals surface area contributed by atoms with Crippen molar-refractivity contribution in [3.05, 3.63) is 11.6 Å². The molecule has 3 N–H and O–H groups in total. The summed E-state index contributed by atoms with van der Waals surface area (Å²) in [6.45, 7) is 3.53. The van der Waals surface area contributed by atoms with Crippen molar-refractivity contribution >= 4 is 11.6 Å². The Morgan fingerprint density at radius 1 is 1.22 bits per heavy atom. The smallest absolute Gasteiger partial charge is 0.190 e. The lowest BCUT2D eigenvalue weighted by atomic mass is 9.44. The van der Waals surface area contributed by atoms with E-state index in [1.165, 1.54) is 5.57 Å². The minimum atomic E-state index is -1.51. The van der Waals surface area contributed by atoms with Crippen LogP contribution in [0.3, 0.4) is 0 Å². The van der Waals surface area contributed by atoms with E-state index in [4.69, 9.17) is 0 Å². The minimum absolute atomic E-state index is 0.0734. The molecule has 0 aromatic heterocycles. The number of carbonyl (C=O) groups excluding carboxylic acids is 2. The molecule has 148 valence electrons. The molecule has 0 aromatic rings. The van der Waals surface area contributed by atoms with E-state index < -0.39 is 29.5 Å². The van der Waals surface area contributed by atoms with Crippen LogP contribution in [0, 0.1) is 40.4 Å². The Balaban J connectivity index is 1.58. The van der Waals surface area contributed by atoms with E-state index in [9.17, 15) is 24.9 Å². The van der Waals surface area contributed by atoms with Gasteiger partial charge in [0.1, 0.15) is 12.2 Å². The van der Waals surface area contributed by atoms with E-state index in [-0.39, 0.29) is 34.9 Å². The van der Waals surface area contributed by atoms with Gasteiger partial charge in [-0.2, -0.15) is 0 Å². The van der Waals surface area contributed by atoms with E-state index in [0.29, 0.717) is 18.8 Å². The van der Waals surface area contributed by atoms with E-state index in [2.05, 4.69) is 6.92 Å². The summed E-state index contributed by atoms with van der Waals surface area (Å²) in [5.41, 5.74) is -1.16. The lowest BCUT2D eigenvalue weighted by Crippen LogP contribution is -2.63. The summed E-state index contributed by atoms with van der Waals surface area (Å²) >= 11 is 0. The van der Waals surface area contributed by atoms with Crippen molar-refractivity contribution in [2.24, 2.45) is 40.4 Å². The SMILES string of the molecule is C[C@]12CCC(=O)C=C1CC[C@@H]1[C@@H]2[C@@H](O)C[C@@]2(C)[C@H]1[C@H]1C[C@H]1[C@]2(O)C(=O)CO.